The lowest BCUT2D eigenvalue weighted by molar-refractivity contribution is 0.0600. The summed E-state index contributed by atoms with van der Waals surface area (Å²) in [6.07, 6.45) is 3.35. The van der Waals surface area contributed by atoms with Crippen LogP contribution in [0.3, 0.4) is 0 Å². The number of methoxy groups -OCH3 is 1. The number of pyridine rings is 1. The molecule has 0 aliphatic heterocycles. The van der Waals surface area contributed by atoms with Crippen molar-refractivity contribution in [2.75, 3.05) is 7.11 Å². The highest BCUT2D eigenvalue weighted by Crippen LogP contribution is 2.19. The van der Waals surface area contributed by atoms with Gasteiger partial charge in [-0.3, -0.25) is 0 Å². The summed E-state index contributed by atoms with van der Waals surface area (Å²) in [6.45, 7) is 5.90. The molecule has 0 saturated carbocycles. The van der Waals surface area contributed by atoms with Crippen LogP contribution in [-0.4, -0.2) is 22.5 Å². The molecule has 0 N–H and O–H groups in total. The van der Waals surface area contributed by atoms with Crippen molar-refractivity contribution in [2.24, 2.45) is 0 Å². The number of halogens is 1. The highest BCUT2D eigenvalue weighted by Gasteiger charge is 2.13. The Morgan fingerprint density at radius 3 is 2.71 bits per heavy atom. The van der Waals surface area contributed by atoms with Gasteiger partial charge in [0.15, 0.2) is 0 Å². The predicted molar refractivity (Wildman–Crippen MR) is 67.6 cm³/mol. The molecule has 5 heteroatoms. The number of aromatic nitrogens is 2. The summed E-state index contributed by atoms with van der Waals surface area (Å²) < 4.78 is 6.42. The molecule has 0 aliphatic rings. The lowest BCUT2D eigenvalue weighted by atomic mass is 10.3. The first kappa shape index (κ1) is 13.5. The molecule has 0 amide bonds. The van der Waals surface area contributed by atoms with E-state index in [1.54, 1.807) is 22.9 Å². The third kappa shape index (κ3) is 2.58. The van der Waals surface area contributed by atoms with Crippen LogP contribution in [0.4, 0.5) is 0 Å². The Morgan fingerprint density at radius 1 is 1.47 bits per heavy atom. The smallest absolute Gasteiger partial charge is 0.340 e. The summed E-state index contributed by atoms with van der Waals surface area (Å²) in [5, 5.41) is 0.347. The van der Waals surface area contributed by atoms with Gasteiger partial charge < -0.3 is 9.14 Å². The van der Waals surface area contributed by atoms with Gasteiger partial charge in [0, 0.05) is 24.2 Å². The molecular weight excluding hydrogens is 240 g/mol. The Hall–Kier alpha value is -1.55. The van der Waals surface area contributed by atoms with E-state index in [9.17, 15) is 4.79 Å². The Morgan fingerprint density at radius 2 is 2.12 bits per heavy atom. The summed E-state index contributed by atoms with van der Waals surface area (Å²) in [4.78, 5) is 15.5. The molecule has 0 spiro atoms. The van der Waals surface area contributed by atoms with E-state index in [2.05, 4.69) is 9.72 Å². The van der Waals surface area contributed by atoms with Gasteiger partial charge in [-0.1, -0.05) is 25.4 Å². The zero-order valence-electron chi connectivity index (χ0n) is 10.3. The molecule has 2 aromatic heterocycles. The monoisotopic (exact) mass is 254 g/mol. The van der Waals surface area contributed by atoms with Crippen molar-refractivity contribution in [3.05, 3.63) is 34.7 Å². The number of carbonyl (C=O) groups excluding carboxylic acids is 1. The number of ether oxygens (including phenoxy) is 1. The van der Waals surface area contributed by atoms with Crippen molar-refractivity contribution in [3.8, 4) is 0 Å². The summed E-state index contributed by atoms with van der Waals surface area (Å²) in [7, 11) is 1.32. The van der Waals surface area contributed by atoms with Gasteiger partial charge in [-0.25, -0.2) is 9.78 Å². The molecule has 0 unspecified atom stereocenters. The second-order valence-electron chi connectivity index (χ2n) is 3.15. The second-order valence-corrected chi connectivity index (χ2v) is 3.56. The predicted octanol–water partition coefficient (Wildman–Crippen LogP) is 3.11. The van der Waals surface area contributed by atoms with Crippen molar-refractivity contribution in [3.63, 3.8) is 0 Å². The first-order chi connectivity index (χ1) is 8.13. The maximum Gasteiger partial charge on any atom is 0.340 e. The quantitative estimate of drug-likeness (QED) is 0.735. The SMILES string of the molecule is CC.COC(=O)c1cn2c(C)cnc2cc1Cl. The van der Waals surface area contributed by atoms with E-state index in [4.69, 9.17) is 11.6 Å². The standard InChI is InChI=1S/C10H9ClN2O2.C2H6/c1-6-4-12-9-3-8(11)7(5-13(6)9)10(14)15-2;1-2/h3-5H,1-2H3;1-2H3. The third-order valence-corrected chi connectivity index (χ3v) is 2.50. The van der Waals surface area contributed by atoms with Gasteiger partial charge >= 0.3 is 5.97 Å². The lowest BCUT2D eigenvalue weighted by Gasteiger charge is -2.04. The number of carbonyl (C=O) groups is 1. The fraction of sp³-hybridized carbons (Fsp3) is 0.333. The van der Waals surface area contributed by atoms with Crippen LogP contribution < -0.4 is 0 Å². The molecule has 0 atom stereocenters. The number of fused-ring (bicyclic) bond motifs is 1. The van der Waals surface area contributed by atoms with Gasteiger partial charge in [0.1, 0.15) is 5.65 Å². The molecule has 2 aromatic rings. The van der Waals surface area contributed by atoms with Crippen molar-refractivity contribution in [1.82, 2.24) is 9.38 Å². The number of rotatable bonds is 1. The van der Waals surface area contributed by atoms with Crippen molar-refractivity contribution >= 4 is 23.2 Å². The molecule has 92 valence electrons. The first-order valence-corrected chi connectivity index (χ1v) is 5.73. The molecular formula is C12H15ClN2O2. The van der Waals surface area contributed by atoms with Crippen molar-refractivity contribution < 1.29 is 9.53 Å². The van der Waals surface area contributed by atoms with Crippen LogP contribution in [0, 0.1) is 6.92 Å². The van der Waals surface area contributed by atoms with Gasteiger partial charge in [-0.15, -0.1) is 0 Å². The molecule has 4 nitrogen and oxygen atoms in total. The van der Waals surface area contributed by atoms with E-state index >= 15 is 0 Å². The van der Waals surface area contributed by atoms with E-state index in [0.717, 1.165) is 5.69 Å². The number of hydrogen-bond acceptors (Lipinski definition) is 3. The average Bonchev–Trinajstić information content (AvgIpc) is 2.71. The molecule has 2 heterocycles. The minimum atomic E-state index is -0.449. The Kier molecular flexibility index (Phi) is 4.52. The van der Waals surface area contributed by atoms with E-state index in [1.807, 2.05) is 20.8 Å². The summed E-state index contributed by atoms with van der Waals surface area (Å²) >= 11 is 5.93. The third-order valence-electron chi connectivity index (χ3n) is 2.19. The van der Waals surface area contributed by atoms with Gasteiger partial charge in [0.2, 0.25) is 0 Å². The van der Waals surface area contributed by atoms with Crippen molar-refractivity contribution in [1.29, 1.82) is 0 Å². The molecule has 0 aliphatic carbocycles. The van der Waals surface area contributed by atoms with Crippen LogP contribution >= 0.6 is 11.6 Å². The van der Waals surface area contributed by atoms with E-state index in [1.165, 1.54) is 7.11 Å². The van der Waals surface area contributed by atoms with Crippen LogP contribution in [0.2, 0.25) is 5.02 Å². The Bertz CT molecular complexity index is 535. The fourth-order valence-electron chi connectivity index (χ4n) is 1.38. The van der Waals surface area contributed by atoms with Crippen LogP contribution in [0.5, 0.6) is 0 Å². The summed E-state index contributed by atoms with van der Waals surface area (Å²) in [6, 6.07) is 1.64. The Labute approximate surface area is 105 Å². The summed E-state index contributed by atoms with van der Waals surface area (Å²) in [5.41, 5.74) is 1.99. The zero-order chi connectivity index (χ0) is 13.0. The van der Waals surface area contributed by atoms with Crippen molar-refractivity contribution in [2.45, 2.75) is 20.8 Å². The van der Waals surface area contributed by atoms with Gasteiger partial charge in [-0.05, 0) is 6.92 Å². The minimum Gasteiger partial charge on any atom is -0.465 e. The number of hydrogen-bond donors (Lipinski definition) is 0. The molecule has 17 heavy (non-hydrogen) atoms. The van der Waals surface area contributed by atoms with E-state index in [-0.39, 0.29) is 0 Å². The van der Waals surface area contributed by atoms with Crippen LogP contribution in [0.15, 0.2) is 18.5 Å². The second kappa shape index (κ2) is 5.68. The number of aryl methyl sites for hydroxylation is 1. The maximum absolute atomic E-state index is 11.4. The van der Waals surface area contributed by atoms with Crippen LogP contribution in [-0.2, 0) is 4.74 Å². The topological polar surface area (TPSA) is 43.6 Å². The molecule has 2 rings (SSSR count). The molecule has 0 fully saturated rings. The maximum atomic E-state index is 11.4. The molecule has 0 radical (unpaired) electrons. The average molecular weight is 255 g/mol. The van der Waals surface area contributed by atoms with Gasteiger partial charge in [-0.2, -0.15) is 0 Å². The Balaban J connectivity index is 0.000000686. The largest absolute Gasteiger partial charge is 0.465 e. The summed E-state index contributed by atoms with van der Waals surface area (Å²) in [5.74, 6) is -0.449. The van der Waals surface area contributed by atoms with E-state index < -0.39 is 5.97 Å². The number of esters is 1. The molecule has 0 saturated heterocycles. The zero-order valence-corrected chi connectivity index (χ0v) is 11.1. The lowest BCUT2D eigenvalue weighted by Crippen LogP contribution is -2.04. The van der Waals surface area contributed by atoms with Gasteiger partial charge in [0.25, 0.3) is 0 Å². The van der Waals surface area contributed by atoms with Crippen LogP contribution in [0.1, 0.15) is 29.9 Å². The number of nitrogens with zero attached hydrogens (tertiary/aromatic N) is 2. The van der Waals surface area contributed by atoms with E-state index in [0.29, 0.717) is 16.2 Å². The molecule has 0 aromatic carbocycles. The first-order valence-electron chi connectivity index (χ1n) is 5.35. The minimum absolute atomic E-state index is 0.341. The number of imidazole rings is 1. The van der Waals surface area contributed by atoms with Gasteiger partial charge in [0.05, 0.1) is 17.7 Å². The highest BCUT2D eigenvalue weighted by molar-refractivity contribution is 6.33. The van der Waals surface area contributed by atoms with Crippen LogP contribution in [0.25, 0.3) is 5.65 Å². The highest BCUT2D eigenvalue weighted by atomic mass is 35.5. The normalized spacial score (nSPS) is 9.71. The molecule has 0 bridgehead atoms. The fourth-order valence-corrected chi connectivity index (χ4v) is 1.60.